The van der Waals surface area contributed by atoms with Crippen molar-refractivity contribution in [3.63, 3.8) is 0 Å². The van der Waals surface area contributed by atoms with Crippen molar-refractivity contribution in [2.45, 2.75) is 78.4 Å². The smallest absolute Gasteiger partial charge is 0.305 e. The molecule has 2 aliphatic carbocycles. The van der Waals surface area contributed by atoms with Crippen molar-refractivity contribution in [3.05, 3.63) is 12.2 Å². The molecule has 2 saturated carbocycles. The van der Waals surface area contributed by atoms with Crippen molar-refractivity contribution in [1.29, 1.82) is 0 Å². The Morgan fingerprint density at radius 3 is 2.64 bits per heavy atom. The fourth-order valence-corrected chi connectivity index (χ4v) is 5.39. The fraction of sp³-hybridized carbons (Fsp3) is 0.857. The average Bonchev–Trinajstić information content (AvgIpc) is 2.57. The number of hydrogen-bond acceptors (Lipinski definition) is 4. The van der Waals surface area contributed by atoms with Gasteiger partial charge in [-0.05, 0) is 66.3 Å². The molecular weight excluding hydrogens is 316 g/mol. The second-order valence-electron chi connectivity index (χ2n) is 9.11. The van der Waals surface area contributed by atoms with Gasteiger partial charge < -0.3 is 14.9 Å². The van der Waals surface area contributed by atoms with E-state index in [1.165, 1.54) is 7.11 Å². The van der Waals surface area contributed by atoms with Crippen molar-refractivity contribution in [2.24, 2.45) is 28.6 Å². The second-order valence-corrected chi connectivity index (χ2v) is 9.11. The molecule has 0 aromatic rings. The van der Waals surface area contributed by atoms with Gasteiger partial charge in [-0.1, -0.05) is 34.3 Å². The van der Waals surface area contributed by atoms with Crippen LogP contribution in [0.1, 0.15) is 66.2 Å². The van der Waals surface area contributed by atoms with E-state index in [4.69, 9.17) is 4.74 Å². The van der Waals surface area contributed by atoms with E-state index in [2.05, 4.69) is 34.3 Å². The van der Waals surface area contributed by atoms with E-state index in [9.17, 15) is 15.0 Å². The lowest BCUT2D eigenvalue weighted by Gasteiger charge is -2.60. The first-order valence-electron chi connectivity index (χ1n) is 9.68. The van der Waals surface area contributed by atoms with Gasteiger partial charge in [-0.25, -0.2) is 0 Å². The number of hydrogen-bond donors (Lipinski definition) is 2. The summed E-state index contributed by atoms with van der Waals surface area (Å²) in [6.07, 6.45) is 3.67. The maximum Gasteiger partial charge on any atom is 0.305 e. The topological polar surface area (TPSA) is 66.8 Å². The summed E-state index contributed by atoms with van der Waals surface area (Å²) in [6.45, 7) is 13.1. The molecule has 2 N–H and O–H groups in total. The molecule has 25 heavy (non-hydrogen) atoms. The fourth-order valence-electron chi connectivity index (χ4n) is 5.39. The molecule has 0 heterocycles. The third-order valence-corrected chi connectivity index (χ3v) is 7.64. The van der Waals surface area contributed by atoms with E-state index in [1.807, 2.05) is 0 Å². The summed E-state index contributed by atoms with van der Waals surface area (Å²) in [6, 6.07) is 0. The van der Waals surface area contributed by atoms with Gasteiger partial charge in [-0.2, -0.15) is 0 Å². The molecule has 0 aliphatic heterocycles. The van der Waals surface area contributed by atoms with Crippen LogP contribution in [0.3, 0.4) is 0 Å². The monoisotopic (exact) mass is 352 g/mol. The lowest BCUT2D eigenvalue weighted by Crippen LogP contribution is -2.56. The van der Waals surface area contributed by atoms with E-state index >= 15 is 0 Å². The SMILES string of the molecule is C=C1[C@@H](O)[C@H](O)C[C@@H]2[C@@](C)(CC[C@H](C)CC(=O)OC)[C@H](C)CC[C@@]12C. The van der Waals surface area contributed by atoms with Gasteiger partial charge in [0.2, 0.25) is 0 Å². The first-order chi connectivity index (χ1) is 11.6. The zero-order valence-electron chi connectivity index (χ0n) is 16.5. The summed E-state index contributed by atoms with van der Waals surface area (Å²) in [4.78, 5) is 11.5. The van der Waals surface area contributed by atoms with Gasteiger partial charge in [0.05, 0.1) is 13.2 Å². The van der Waals surface area contributed by atoms with Crippen LogP contribution in [-0.2, 0) is 9.53 Å². The molecule has 0 radical (unpaired) electrons. The van der Waals surface area contributed by atoms with E-state index in [-0.39, 0.29) is 22.7 Å². The number of aliphatic hydroxyl groups is 2. The van der Waals surface area contributed by atoms with Gasteiger partial charge in [0, 0.05) is 6.42 Å². The van der Waals surface area contributed by atoms with E-state index in [0.717, 1.165) is 31.3 Å². The van der Waals surface area contributed by atoms with Gasteiger partial charge in [0.25, 0.3) is 0 Å². The molecule has 144 valence electrons. The van der Waals surface area contributed by atoms with Crippen LogP contribution in [-0.4, -0.2) is 35.5 Å². The highest BCUT2D eigenvalue weighted by atomic mass is 16.5. The molecular formula is C21H36O4. The van der Waals surface area contributed by atoms with Gasteiger partial charge in [0.1, 0.15) is 6.10 Å². The number of aliphatic hydroxyl groups excluding tert-OH is 2. The largest absolute Gasteiger partial charge is 0.469 e. The number of carbonyl (C=O) groups is 1. The number of carbonyl (C=O) groups excluding carboxylic acids is 1. The Bertz CT molecular complexity index is 516. The molecule has 0 amide bonds. The van der Waals surface area contributed by atoms with Gasteiger partial charge in [-0.3, -0.25) is 4.79 Å². The van der Waals surface area contributed by atoms with E-state index in [1.54, 1.807) is 0 Å². The lowest BCUT2D eigenvalue weighted by molar-refractivity contribution is -0.142. The second kappa shape index (κ2) is 7.40. The third kappa shape index (κ3) is 3.66. The quantitative estimate of drug-likeness (QED) is 0.585. The molecule has 4 heteroatoms. The number of rotatable bonds is 5. The molecule has 2 rings (SSSR count). The summed E-state index contributed by atoms with van der Waals surface area (Å²) in [5.41, 5.74) is 0.754. The minimum Gasteiger partial charge on any atom is -0.469 e. The Balaban J connectivity index is 2.18. The third-order valence-electron chi connectivity index (χ3n) is 7.64. The molecule has 2 fully saturated rings. The molecule has 0 aromatic carbocycles. The van der Waals surface area contributed by atoms with Crippen molar-refractivity contribution < 1.29 is 19.7 Å². The van der Waals surface area contributed by atoms with Crippen LogP contribution in [0.4, 0.5) is 0 Å². The molecule has 2 aliphatic rings. The number of methoxy groups -OCH3 is 1. The molecule has 7 atom stereocenters. The first-order valence-corrected chi connectivity index (χ1v) is 9.68. The number of ether oxygens (including phenoxy) is 1. The predicted octanol–water partition coefficient (Wildman–Crippen LogP) is 3.71. The van der Waals surface area contributed by atoms with Crippen LogP contribution in [0.2, 0.25) is 0 Å². The molecule has 0 saturated heterocycles. The Hall–Kier alpha value is -0.870. The Morgan fingerprint density at radius 1 is 1.40 bits per heavy atom. The summed E-state index contributed by atoms with van der Waals surface area (Å²) < 4.78 is 4.79. The molecule has 0 unspecified atom stereocenters. The Labute approximate surface area is 152 Å². The summed E-state index contributed by atoms with van der Waals surface area (Å²) in [7, 11) is 1.44. The summed E-state index contributed by atoms with van der Waals surface area (Å²) in [5, 5.41) is 20.7. The highest BCUT2D eigenvalue weighted by Gasteiger charge is 2.57. The van der Waals surface area contributed by atoms with Crippen LogP contribution in [0.25, 0.3) is 0 Å². The van der Waals surface area contributed by atoms with Crippen molar-refractivity contribution in [2.75, 3.05) is 7.11 Å². The zero-order chi connectivity index (χ0) is 19.0. The minimum absolute atomic E-state index is 0.0709. The van der Waals surface area contributed by atoms with Gasteiger partial charge >= 0.3 is 5.97 Å². The average molecular weight is 353 g/mol. The highest BCUT2D eigenvalue weighted by Crippen LogP contribution is 2.62. The standard InChI is InChI=1S/C21H36O4/c1-13(11-18(23)25-6)7-9-20(4)14(2)8-10-21(5)15(3)19(24)16(22)12-17(20)21/h13-14,16-17,19,22,24H,3,7-12H2,1-2,4-6H3/t13-,14+,16+,17+,19+,20-,21-/m0/s1. The van der Waals surface area contributed by atoms with Gasteiger partial charge in [0.15, 0.2) is 0 Å². The maximum atomic E-state index is 11.5. The highest BCUT2D eigenvalue weighted by molar-refractivity contribution is 5.69. The van der Waals surface area contributed by atoms with Crippen LogP contribution in [0, 0.1) is 28.6 Å². The summed E-state index contributed by atoms with van der Waals surface area (Å²) in [5.74, 6) is 0.988. The summed E-state index contributed by atoms with van der Waals surface area (Å²) >= 11 is 0. The van der Waals surface area contributed by atoms with Crippen LogP contribution >= 0.6 is 0 Å². The normalized spacial score (nSPS) is 42.6. The van der Waals surface area contributed by atoms with Gasteiger partial charge in [-0.15, -0.1) is 0 Å². The van der Waals surface area contributed by atoms with Crippen LogP contribution < -0.4 is 0 Å². The van der Waals surface area contributed by atoms with Crippen LogP contribution in [0.15, 0.2) is 12.2 Å². The van der Waals surface area contributed by atoms with E-state index in [0.29, 0.717) is 24.7 Å². The van der Waals surface area contributed by atoms with Crippen LogP contribution in [0.5, 0.6) is 0 Å². The number of esters is 1. The Morgan fingerprint density at radius 2 is 2.04 bits per heavy atom. The molecule has 0 spiro atoms. The molecule has 0 aromatic heterocycles. The lowest BCUT2D eigenvalue weighted by atomic mass is 9.45. The van der Waals surface area contributed by atoms with E-state index < -0.39 is 12.2 Å². The molecule has 0 bridgehead atoms. The number of fused-ring (bicyclic) bond motifs is 1. The van der Waals surface area contributed by atoms with Crippen molar-refractivity contribution in [1.82, 2.24) is 0 Å². The predicted molar refractivity (Wildman–Crippen MR) is 98.9 cm³/mol. The van der Waals surface area contributed by atoms with Crippen molar-refractivity contribution >= 4 is 5.97 Å². The zero-order valence-corrected chi connectivity index (χ0v) is 16.5. The first kappa shape index (κ1) is 20.4. The maximum absolute atomic E-state index is 11.5. The molecule has 4 nitrogen and oxygen atoms in total. The minimum atomic E-state index is -0.808. The Kier molecular flexibility index (Phi) is 6.05. The van der Waals surface area contributed by atoms with Crippen molar-refractivity contribution in [3.8, 4) is 0 Å².